The Labute approximate surface area is 190 Å². The molecule has 0 fully saturated rings. The number of hydrogen-bond donors (Lipinski definition) is 2. The number of ether oxygens (including phenoxy) is 1. The first-order chi connectivity index (χ1) is 16.0. The fraction of sp³-hybridized carbons (Fsp3) is 0.0870. The Morgan fingerprint density at radius 1 is 1.06 bits per heavy atom. The van der Waals surface area contributed by atoms with Crippen molar-refractivity contribution in [2.24, 2.45) is 0 Å². The number of methoxy groups -OCH3 is 1. The number of carbonyl (C=O) groups is 1. The minimum atomic E-state index is -4.15. The number of rotatable bonds is 7. The molecule has 0 unspecified atom stereocenters. The summed E-state index contributed by atoms with van der Waals surface area (Å²) >= 11 is 0. The number of amides is 1. The number of para-hydroxylation sites is 1. The van der Waals surface area contributed by atoms with E-state index in [9.17, 15) is 18.4 Å². The van der Waals surface area contributed by atoms with Crippen molar-refractivity contribution in [1.82, 2.24) is 15.4 Å². The van der Waals surface area contributed by atoms with Crippen LogP contribution in [0.25, 0.3) is 10.9 Å². The molecular weight excluding hydrogens is 444 g/mol. The summed E-state index contributed by atoms with van der Waals surface area (Å²) in [7, 11) is -2.68. The number of hydroxylamine groups is 1. The maximum Gasteiger partial charge on any atom is 0.278 e. The standard InChI is InChI=1S/C23H20N4O5S/c1-32-20-11-5-10-18-21(20)25-14-19(23(28)26-29)22(18)27(15-16-7-6-12-24-13-16)33(30,31)17-8-3-2-4-9-17/h2-14,29H,15H2,1H3,(H,26,28). The number of sulfonamides is 1. The summed E-state index contributed by atoms with van der Waals surface area (Å²) in [5.74, 6) is -0.496. The fourth-order valence-corrected chi connectivity index (χ4v) is 5.01. The third-order valence-corrected chi connectivity index (χ3v) is 6.79. The van der Waals surface area contributed by atoms with Gasteiger partial charge >= 0.3 is 0 Å². The van der Waals surface area contributed by atoms with E-state index in [0.717, 1.165) is 4.31 Å². The van der Waals surface area contributed by atoms with Crippen molar-refractivity contribution in [3.05, 3.63) is 90.4 Å². The molecular formula is C23H20N4O5S. The highest BCUT2D eigenvalue weighted by molar-refractivity contribution is 7.92. The first-order valence-corrected chi connectivity index (χ1v) is 11.3. The molecule has 2 heterocycles. The molecule has 0 radical (unpaired) electrons. The van der Waals surface area contributed by atoms with Crippen molar-refractivity contribution in [2.75, 3.05) is 11.4 Å². The van der Waals surface area contributed by atoms with E-state index in [1.807, 2.05) is 0 Å². The highest BCUT2D eigenvalue weighted by atomic mass is 32.2. The van der Waals surface area contributed by atoms with Gasteiger partial charge in [0.1, 0.15) is 11.3 Å². The number of carbonyl (C=O) groups excluding carboxylic acids is 1. The lowest BCUT2D eigenvalue weighted by Gasteiger charge is -2.27. The van der Waals surface area contributed by atoms with Crippen LogP contribution in [0.4, 0.5) is 5.69 Å². The molecule has 33 heavy (non-hydrogen) atoms. The molecule has 2 N–H and O–H groups in total. The van der Waals surface area contributed by atoms with Gasteiger partial charge in [0.2, 0.25) is 0 Å². The van der Waals surface area contributed by atoms with Gasteiger partial charge in [-0.05, 0) is 29.8 Å². The average molecular weight is 465 g/mol. The largest absolute Gasteiger partial charge is 0.494 e. The molecule has 4 rings (SSSR count). The Hall–Kier alpha value is -4.02. The highest BCUT2D eigenvalue weighted by Crippen LogP contribution is 2.37. The third kappa shape index (κ3) is 4.21. The lowest BCUT2D eigenvalue weighted by molar-refractivity contribution is 0.0707. The summed E-state index contributed by atoms with van der Waals surface area (Å²) in [4.78, 5) is 21.0. The molecule has 0 atom stereocenters. The van der Waals surface area contributed by atoms with Gasteiger partial charge in [0.05, 0.1) is 29.8 Å². The zero-order valence-electron chi connectivity index (χ0n) is 17.5. The normalized spacial score (nSPS) is 11.2. The number of benzene rings is 2. The molecule has 9 nitrogen and oxygen atoms in total. The van der Waals surface area contributed by atoms with Crippen molar-refractivity contribution < 1.29 is 23.2 Å². The molecule has 0 spiro atoms. The molecule has 2 aromatic carbocycles. The van der Waals surface area contributed by atoms with Crippen LogP contribution in [0.1, 0.15) is 15.9 Å². The molecule has 1 amide bonds. The fourth-order valence-electron chi connectivity index (χ4n) is 3.50. The number of pyridine rings is 2. The van der Waals surface area contributed by atoms with Crippen LogP contribution in [0.2, 0.25) is 0 Å². The van der Waals surface area contributed by atoms with E-state index in [1.165, 1.54) is 25.4 Å². The van der Waals surface area contributed by atoms with Gasteiger partial charge < -0.3 is 4.74 Å². The SMILES string of the molecule is COc1cccc2c(N(Cc3cccnc3)S(=O)(=O)c3ccccc3)c(C(=O)NO)cnc12. The molecule has 0 aliphatic heterocycles. The van der Waals surface area contributed by atoms with Crippen LogP contribution in [0.3, 0.4) is 0 Å². The first kappa shape index (κ1) is 22.2. The van der Waals surface area contributed by atoms with Crippen molar-refractivity contribution >= 4 is 32.5 Å². The molecule has 0 saturated carbocycles. The summed E-state index contributed by atoms with van der Waals surface area (Å²) in [6.07, 6.45) is 4.34. The van der Waals surface area contributed by atoms with Gasteiger partial charge in [-0.15, -0.1) is 0 Å². The van der Waals surface area contributed by atoms with Gasteiger partial charge in [-0.3, -0.25) is 24.3 Å². The van der Waals surface area contributed by atoms with Gasteiger partial charge in [-0.1, -0.05) is 36.4 Å². The summed E-state index contributed by atoms with van der Waals surface area (Å²) in [5, 5.41) is 9.71. The van der Waals surface area contributed by atoms with Gasteiger partial charge in [0.15, 0.2) is 0 Å². The number of aromatic nitrogens is 2. The Morgan fingerprint density at radius 2 is 1.85 bits per heavy atom. The zero-order valence-corrected chi connectivity index (χ0v) is 18.4. The molecule has 4 aromatic rings. The predicted octanol–water partition coefficient (Wildman–Crippen LogP) is 3.15. The number of fused-ring (bicyclic) bond motifs is 1. The van der Waals surface area contributed by atoms with E-state index in [1.54, 1.807) is 66.4 Å². The van der Waals surface area contributed by atoms with Crippen molar-refractivity contribution in [1.29, 1.82) is 0 Å². The second-order valence-electron chi connectivity index (χ2n) is 7.00. The molecule has 0 aliphatic rings. The summed E-state index contributed by atoms with van der Waals surface area (Å²) in [6.45, 7) is -0.118. The van der Waals surface area contributed by atoms with Crippen LogP contribution < -0.4 is 14.5 Å². The molecule has 0 aliphatic carbocycles. The van der Waals surface area contributed by atoms with Crippen LogP contribution in [0.5, 0.6) is 5.75 Å². The van der Waals surface area contributed by atoms with Crippen LogP contribution in [0, 0.1) is 0 Å². The van der Waals surface area contributed by atoms with Crippen LogP contribution in [0.15, 0.2) is 84.1 Å². The predicted molar refractivity (Wildman–Crippen MR) is 122 cm³/mol. The maximum atomic E-state index is 13.9. The van der Waals surface area contributed by atoms with E-state index in [2.05, 4.69) is 9.97 Å². The summed E-state index contributed by atoms with van der Waals surface area (Å²) < 4.78 is 34.2. The van der Waals surface area contributed by atoms with Gasteiger partial charge in [0, 0.05) is 24.0 Å². The van der Waals surface area contributed by atoms with E-state index < -0.39 is 15.9 Å². The first-order valence-electron chi connectivity index (χ1n) is 9.84. The van der Waals surface area contributed by atoms with Gasteiger partial charge in [-0.2, -0.15) is 0 Å². The van der Waals surface area contributed by atoms with Gasteiger partial charge in [-0.25, -0.2) is 13.9 Å². The number of nitrogens with zero attached hydrogens (tertiary/aromatic N) is 3. The van der Waals surface area contributed by atoms with E-state index in [4.69, 9.17) is 4.74 Å². The molecule has 2 aromatic heterocycles. The summed E-state index contributed by atoms with van der Waals surface area (Å²) in [6, 6.07) is 16.3. The van der Waals surface area contributed by atoms with E-state index in [0.29, 0.717) is 22.2 Å². The van der Waals surface area contributed by atoms with Crippen LogP contribution in [-0.4, -0.2) is 36.6 Å². The van der Waals surface area contributed by atoms with Crippen LogP contribution >= 0.6 is 0 Å². The average Bonchev–Trinajstić information content (AvgIpc) is 2.87. The Morgan fingerprint density at radius 3 is 2.52 bits per heavy atom. The Kier molecular flexibility index (Phi) is 6.20. The Bertz CT molecular complexity index is 1400. The van der Waals surface area contributed by atoms with Crippen molar-refractivity contribution in [2.45, 2.75) is 11.4 Å². The molecule has 0 saturated heterocycles. The molecule has 10 heteroatoms. The Balaban J connectivity index is 2.06. The molecule has 0 bridgehead atoms. The van der Waals surface area contributed by atoms with Crippen LogP contribution in [-0.2, 0) is 16.6 Å². The topological polar surface area (TPSA) is 122 Å². The number of anilines is 1. The minimum Gasteiger partial charge on any atom is -0.494 e. The second kappa shape index (κ2) is 9.23. The zero-order chi connectivity index (χ0) is 23.4. The maximum absolute atomic E-state index is 13.9. The number of hydrogen-bond acceptors (Lipinski definition) is 7. The summed E-state index contributed by atoms with van der Waals surface area (Å²) in [5.41, 5.74) is 2.47. The van der Waals surface area contributed by atoms with Gasteiger partial charge in [0.25, 0.3) is 15.9 Å². The lowest BCUT2D eigenvalue weighted by Crippen LogP contribution is -2.33. The minimum absolute atomic E-state index is 0.0390. The van der Waals surface area contributed by atoms with E-state index >= 15 is 0 Å². The van der Waals surface area contributed by atoms with Crippen molar-refractivity contribution in [3.8, 4) is 5.75 Å². The van der Waals surface area contributed by atoms with E-state index in [-0.39, 0.29) is 22.7 Å². The third-order valence-electron chi connectivity index (χ3n) is 5.03. The molecule has 168 valence electrons. The second-order valence-corrected chi connectivity index (χ2v) is 8.87. The quantitative estimate of drug-likeness (QED) is 0.318. The highest BCUT2D eigenvalue weighted by Gasteiger charge is 2.31. The lowest BCUT2D eigenvalue weighted by atomic mass is 10.1. The monoisotopic (exact) mass is 464 g/mol. The number of nitrogens with one attached hydrogen (secondary N) is 1. The smallest absolute Gasteiger partial charge is 0.278 e. The van der Waals surface area contributed by atoms with Crippen molar-refractivity contribution in [3.63, 3.8) is 0 Å².